The van der Waals surface area contributed by atoms with Crippen LogP contribution >= 0.6 is 11.6 Å². The van der Waals surface area contributed by atoms with E-state index in [1.54, 1.807) is 19.4 Å². The Balaban J connectivity index is 1.72. The van der Waals surface area contributed by atoms with Crippen LogP contribution in [0.25, 0.3) is 0 Å². The highest BCUT2D eigenvalue weighted by Crippen LogP contribution is 2.16. The molecule has 0 aliphatic carbocycles. The molecule has 106 valence electrons. The summed E-state index contributed by atoms with van der Waals surface area (Å²) < 4.78 is 10.5. The van der Waals surface area contributed by atoms with Gasteiger partial charge in [0.1, 0.15) is 23.8 Å². The predicted octanol–water partition coefficient (Wildman–Crippen LogP) is 2.49. The first kappa shape index (κ1) is 14.3. The molecule has 0 fully saturated rings. The number of rotatable bonds is 6. The molecule has 0 saturated heterocycles. The lowest BCUT2D eigenvalue weighted by Crippen LogP contribution is -2.28. The normalized spacial score (nSPS) is 10.1. The highest BCUT2D eigenvalue weighted by Gasteiger charge is 2.06. The summed E-state index contributed by atoms with van der Waals surface area (Å²) in [7, 11) is 1.61. The summed E-state index contributed by atoms with van der Waals surface area (Å²) >= 11 is 5.72. The first-order valence-corrected chi connectivity index (χ1v) is 6.46. The van der Waals surface area contributed by atoms with Crippen molar-refractivity contribution < 1.29 is 14.3 Å². The van der Waals surface area contributed by atoms with Crippen LogP contribution in [-0.2, 0) is 0 Å². The van der Waals surface area contributed by atoms with Crippen molar-refractivity contribution in [2.24, 2.45) is 0 Å². The monoisotopic (exact) mass is 294 g/mol. The van der Waals surface area contributed by atoms with Gasteiger partial charge in [-0.05, 0) is 30.3 Å². The van der Waals surface area contributed by atoms with Gasteiger partial charge in [0.05, 0.1) is 18.7 Å². The maximum absolute atomic E-state index is 11.7. The van der Waals surface area contributed by atoms with E-state index in [1.807, 2.05) is 24.3 Å². The Morgan fingerprint density at radius 1 is 1.30 bits per heavy atom. The average Bonchev–Trinajstić information content (AvgIpc) is 2.91. The van der Waals surface area contributed by atoms with Crippen molar-refractivity contribution in [3.8, 4) is 11.5 Å². The lowest BCUT2D eigenvalue weighted by atomic mass is 10.3. The molecule has 5 nitrogen and oxygen atoms in total. The van der Waals surface area contributed by atoms with Crippen LogP contribution in [0, 0.1) is 0 Å². The van der Waals surface area contributed by atoms with E-state index in [0.29, 0.717) is 23.9 Å². The zero-order valence-electron chi connectivity index (χ0n) is 11.0. The van der Waals surface area contributed by atoms with E-state index in [4.69, 9.17) is 21.1 Å². The number of ether oxygens (including phenoxy) is 2. The molecule has 1 amide bonds. The number of hydrogen-bond donors (Lipinski definition) is 2. The molecule has 0 bridgehead atoms. The van der Waals surface area contributed by atoms with E-state index in [-0.39, 0.29) is 5.91 Å². The SMILES string of the molecule is COc1ccc(OCCNC(=O)c2cc(Cl)c[nH]2)cc1. The molecule has 0 saturated carbocycles. The van der Waals surface area contributed by atoms with E-state index in [0.717, 1.165) is 11.5 Å². The standard InChI is InChI=1S/C14H15ClN2O3/c1-19-11-2-4-12(5-3-11)20-7-6-16-14(18)13-8-10(15)9-17-13/h2-5,8-9,17H,6-7H2,1H3,(H,16,18). The third-order valence-corrected chi connectivity index (χ3v) is 2.83. The number of H-pyrrole nitrogens is 1. The molecule has 20 heavy (non-hydrogen) atoms. The summed E-state index contributed by atoms with van der Waals surface area (Å²) in [6.07, 6.45) is 1.56. The summed E-state index contributed by atoms with van der Waals surface area (Å²) in [6, 6.07) is 8.82. The Labute approximate surface area is 121 Å². The van der Waals surface area contributed by atoms with Crippen LogP contribution in [0.3, 0.4) is 0 Å². The zero-order valence-corrected chi connectivity index (χ0v) is 11.7. The minimum absolute atomic E-state index is 0.213. The lowest BCUT2D eigenvalue weighted by molar-refractivity contribution is 0.0942. The Morgan fingerprint density at radius 3 is 2.60 bits per heavy atom. The summed E-state index contributed by atoms with van der Waals surface area (Å²) in [6.45, 7) is 0.786. The predicted molar refractivity (Wildman–Crippen MR) is 76.6 cm³/mol. The fourth-order valence-electron chi connectivity index (χ4n) is 1.60. The van der Waals surface area contributed by atoms with E-state index in [1.165, 1.54) is 0 Å². The van der Waals surface area contributed by atoms with Crippen LogP contribution in [0.4, 0.5) is 0 Å². The number of nitrogens with one attached hydrogen (secondary N) is 2. The molecule has 0 aliphatic rings. The Morgan fingerprint density at radius 2 is 2.00 bits per heavy atom. The molecule has 0 radical (unpaired) electrons. The second-order valence-corrected chi connectivity index (χ2v) is 4.45. The zero-order chi connectivity index (χ0) is 14.4. The van der Waals surface area contributed by atoms with Crippen molar-refractivity contribution in [3.05, 3.63) is 47.2 Å². The summed E-state index contributed by atoms with van der Waals surface area (Å²) in [5, 5.41) is 3.23. The van der Waals surface area contributed by atoms with Crippen LogP contribution in [0.15, 0.2) is 36.5 Å². The molecule has 2 rings (SSSR count). The maximum Gasteiger partial charge on any atom is 0.267 e. The van der Waals surface area contributed by atoms with Crippen LogP contribution in [0.2, 0.25) is 5.02 Å². The van der Waals surface area contributed by atoms with E-state index >= 15 is 0 Å². The minimum Gasteiger partial charge on any atom is -0.497 e. The molecular weight excluding hydrogens is 280 g/mol. The van der Waals surface area contributed by atoms with Crippen molar-refractivity contribution >= 4 is 17.5 Å². The molecule has 1 aromatic carbocycles. The number of aromatic amines is 1. The molecule has 6 heteroatoms. The molecule has 2 aromatic rings. The topological polar surface area (TPSA) is 63.4 Å². The van der Waals surface area contributed by atoms with Gasteiger partial charge in [0.2, 0.25) is 0 Å². The van der Waals surface area contributed by atoms with Crippen LogP contribution in [0.1, 0.15) is 10.5 Å². The third-order valence-electron chi connectivity index (χ3n) is 2.61. The summed E-state index contributed by atoms with van der Waals surface area (Å²) in [4.78, 5) is 14.5. The molecule has 0 unspecified atom stereocenters. The summed E-state index contributed by atoms with van der Waals surface area (Å²) in [5.41, 5.74) is 0.430. The van der Waals surface area contributed by atoms with Gasteiger partial charge >= 0.3 is 0 Å². The second kappa shape index (κ2) is 6.86. The number of carbonyl (C=O) groups excluding carboxylic acids is 1. The molecule has 0 atom stereocenters. The Kier molecular flexibility index (Phi) is 4.90. The fraction of sp³-hybridized carbons (Fsp3) is 0.214. The number of methoxy groups -OCH3 is 1. The number of benzene rings is 1. The van der Waals surface area contributed by atoms with Gasteiger partial charge in [-0.2, -0.15) is 0 Å². The number of halogens is 1. The Bertz CT molecular complexity index is 566. The van der Waals surface area contributed by atoms with E-state index in [2.05, 4.69) is 10.3 Å². The molecule has 0 aliphatic heterocycles. The largest absolute Gasteiger partial charge is 0.497 e. The molecule has 0 spiro atoms. The smallest absolute Gasteiger partial charge is 0.267 e. The van der Waals surface area contributed by atoms with Crippen molar-refractivity contribution in [2.45, 2.75) is 0 Å². The first-order valence-electron chi connectivity index (χ1n) is 6.08. The van der Waals surface area contributed by atoms with Gasteiger partial charge in [-0.15, -0.1) is 0 Å². The van der Waals surface area contributed by atoms with Crippen molar-refractivity contribution in [1.82, 2.24) is 10.3 Å². The van der Waals surface area contributed by atoms with Gasteiger partial charge in [0.15, 0.2) is 0 Å². The van der Waals surface area contributed by atoms with Gasteiger partial charge in [-0.25, -0.2) is 0 Å². The number of hydrogen-bond acceptors (Lipinski definition) is 3. The summed E-state index contributed by atoms with van der Waals surface area (Å²) in [5.74, 6) is 1.28. The molecular formula is C14H15ClN2O3. The highest BCUT2D eigenvalue weighted by molar-refractivity contribution is 6.30. The maximum atomic E-state index is 11.7. The van der Waals surface area contributed by atoms with Gasteiger partial charge < -0.3 is 19.8 Å². The number of carbonyl (C=O) groups is 1. The Hall–Kier alpha value is -2.14. The average molecular weight is 295 g/mol. The van der Waals surface area contributed by atoms with Crippen LogP contribution in [-0.4, -0.2) is 31.2 Å². The van der Waals surface area contributed by atoms with E-state index in [9.17, 15) is 4.79 Å². The second-order valence-electron chi connectivity index (χ2n) is 4.01. The van der Waals surface area contributed by atoms with Crippen molar-refractivity contribution in [1.29, 1.82) is 0 Å². The molecule has 2 N–H and O–H groups in total. The van der Waals surface area contributed by atoms with Crippen molar-refractivity contribution in [2.75, 3.05) is 20.3 Å². The van der Waals surface area contributed by atoms with Crippen LogP contribution < -0.4 is 14.8 Å². The fourth-order valence-corrected chi connectivity index (χ4v) is 1.76. The lowest BCUT2D eigenvalue weighted by Gasteiger charge is -2.07. The van der Waals surface area contributed by atoms with Crippen molar-refractivity contribution in [3.63, 3.8) is 0 Å². The van der Waals surface area contributed by atoms with Crippen LogP contribution in [0.5, 0.6) is 11.5 Å². The molecule has 1 heterocycles. The number of amides is 1. The third kappa shape index (κ3) is 3.93. The first-order chi connectivity index (χ1) is 9.69. The molecule has 1 aromatic heterocycles. The number of aromatic nitrogens is 1. The van der Waals surface area contributed by atoms with Gasteiger partial charge in [-0.3, -0.25) is 4.79 Å². The van der Waals surface area contributed by atoms with Gasteiger partial charge in [-0.1, -0.05) is 11.6 Å². The quantitative estimate of drug-likeness (QED) is 0.805. The minimum atomic E-state index is -0.213. The van der Waals surface area contributed by atoms with E-state index < -0.39 is 0 Å². The van der Waals surface area contributed by atoms with Gasteiger partial charge in [0.25, 0.3) is 5.91 Å². The van der Waals surface area contributed by atoms with Gasteiger partial charge in [0, 0.05) is 6.20 Å². The highest BCUT2D eigenvalue weighted by atomic mass is 35.5.